The van der Waals surface area contributed by atoms with Crippen LogP contribution in [0.5, 0.6) is 11.5 Å². The molecule has 0 amide bonds. The fraction of sp³-hybridized carbons (Fsp3) is 0.571. The van der Waals surface area contributed by atoms with Crippen LogP contribution in [0.1, 0.15) is 42.5 Å². The predicted octanol–water partition coefficient (Wildman–Crippen LogP) is 1.91. The third kappa shape index (κ3) is 2.94. The Hall–Kier alpha value is -1.26. The van der Waals surface area contributed by atoms with Crippen molar-refractivity contribution >= 4 is 0 Å². The fourth-order valence-corrected chi connectivity index (χ4v) is 1.96. The van der Waals surface area contributed by atoms with Gasteiger partial charge in [0.2, 0.25) is 0 Å². The lowest BCUT2D eigenvalue weighted by molar-refractivity contribution is 0.0710. The Kier molecular flexibility index (Phi) is 4.24. The van der Waals surface area contributed by atoms with E-state index < -0.39 is 5.60 Å². The second kappa shape index (κ2) is 5.16. The topological polar surface area (TPSA) is 80.9 Å². The third-order valence-electron chi connectivity index (χ3n) is 3.35. The number of rotatable bonds is 4. The summed E-state index contributed by atoms with van der Waals surface area (Å²) < 4.78 is 0. The van der Waals surface area contributed by atoms with Crippen molar-refractivity contribution in [3.8, 4) is 11.5 Å². The number of hydrogen-bond donors (Lipinski definition) is 4. The van der Waals surface area contributed by atoms with Gasteiger partial charge in [-0.15, -0.1) is 0 Å². The summed E-state index contributed by atoms with van der Waals surface area (Å²) in [6, 6.07) is 0. The van der Waals surface area contributed by atoms with Crippen LogP contribution in [0.15, 0.2) is 0 Å². The van der Waals surface area contributed by atoms with Crippen molar-refractivity contribution in [1.82, 2.24) is 0 Å². The Morgan fingerprint density at radius 3 is 1.78 bits per heavy atom. The number of benzene rings is 1. The Bertz CT molecular complexity index is 444. The molecule has 1 rings (SSSR count). The average Bonchev–Trinajstić information content (AvgIpc) is 2.28. The summed E-state index contributed by atoms with van der Waals surface area (Å²) in [6.07, 6.45) is 0.843. The first-order chi connectivity index (χ1) is 8.19. The lowest BCUT2D eigenvalue weighted by Gasteiger charge is -2.21. The highest BCUT2D eigenvalue weighted by Gasteiger charge is 2.21. The summed E-state index contributed by atoms with van der Waals surface area (Å²) in [6.45, 7) is 6.46. The fourth-order valence-electron chi connectivity index (χ4n) is 1.96. The zero-order valence-corrected chi connectivity index (χ0v) is 11.4. The van der Waals surface area contributed by atoms with Crippen molar-refractivity contribution in [2.24, 2.45) is 0 Å². The minimum absolute atomic E-state index is 0.0264. The van der Waals surface area contributed by atoms with Crippen molar-refractivity contribution in [2.75, 3.05) is 0 Å². The van der Waals surface area contributed by atoms with Crippen LogP contribution in [0, 0.1) is 13.8 Å². The van der Waals surface area contributed by atoms with Crippen LogP contribution >= 0.6 is 0 Å². The first-order valence-corrected chi connectivity index (χ1v) is 6.05. The summed E-state index contributed by atoms with van der Waals surface area (Å²) in [5.41, 5.74) is 1.19. The smallest absolute Gasteiger partial charge is 0.124 e. The van der Waals surface area contributed by atoms with Crippen molar-refractivity contribution in [3.05, 3.63) is 22.3 Å². The van der Waals surface area contributed by atoms with E-state index in [-0.39, 0.29) is 18.1 Å². The molecule has 18 heavy (non-hydrogen) atoms. The van der Waals surface area contributed by atoms with Gasteiger partial charge in [-0.3, -0.25) is 0 Å². The van der Waals surface area contributed by atoms with Gasteiger partial charge in [-0.05, 0) is 51.7 Å². The molecule has 0 unspecified atom stereocenters. The van der Waals surface area contributed by atoms with Gasteiger partial charge < -0.3 is 20.4 Å². The Balaban J connectivity index is 3.25. The van der Waals surface area contributed by atoms with E-state index in [1.165, 1.54) is 0 Å². The number of aliphatic hydroxyl groups excluding tert-OH is 1. The lowest BCUT2D eigenvalue weighted by Crippen LogP contribution is -2.19. The standard InChI is InChI=1S/C14H22O4/c1-8-9(2)13(17)11(7-15)10(12(8)16)5-6-14(3,4)18/h15-18H,5-7H2,1-4H3. The molecule has 1 aromatic rings. The molecule has 1 aromatic carbocycles. The molecule has 0 atom stereocenters. The third-order valence-corrected chi connectivity index (χ3v) is 3.35. The Morgan fingerprint density at radius 1 is 0.944 bits per heavy atom. The molecule has 4 heteroatoms. The van der Waals surface area contributed by atoms with E-state index in [1.807, 2.05) is 0 Å². The molecule has 0 aliphatic rings. The number of aliphatic hydroxyl groups is 2. The van der Waals surface area contributed by atoms with E-state index in [0.717, 1.165) is 0 Å². The van der Waals surface area contributed by atoms with Gasteiger partial charge in [0, 0.05) is 11.1 Å². The van der Waals surface area contributed by atoms with Gasteiger partial charge in [0.15, 0.2) is 0 Å². The quantitative estimate of drug-likeness (QED) is 0.619. The number of hydrogen-bond acceptors (Lipinski definition) is 4. The maximum atomic E-state index is 10.1. The molecule has 0 saturated carbocycles. The van der Waals surface area contributed by atoms with Gasteiger partial charge in [-0.25, -0.2) is 0 Å². The first-order valence-electron chi connectivity index (χ1n) is 6.05. The highest BCUT2D eigenvalue weighted by molar-refractivity contribution is 5.57. The van der Waals surface area contributed by atoms with Crippen molar-refractivity contribution in [3.63, 3.8) is 0 Å². The van der Waals surface area contributed by atoms with E-state index in [0.29, 0.717) is 35.1 Å². The molecule has 4 nitrogen and oxygen atoms in total. The molecule has 0 saturated heterocycles. The summed E-state index contributed by atoms with van der Waals surface area (Å²) >= 11 is 0. The molecule has 0 spiro atoms. The maximum Gasteiger partial charge on any atom is 0.124 e. The van der Waals surface area contributed by atoms with Crippen molar-refractivity contribution < 1.29 is 20.4 Å². The number of aromatic hydroxyl groups is 2. The predicted molar refractivity (Wildman–Crippen MR) is 69.8 cm³/mol. The highest BCUT2D eigenvalue weighted by atomic mass is 16.3. The second-order valence-electron chi connectivity index (χ2n) is 5.37. The van der Waals surface area contributed by atoms with E-state index in [2.05, 4.69) is 0 Å². The van der Waals surface area contributed by atoms with Gasteiger partial charge in [0.05, 0.1) is 12.2 Å². The normalized spacial score (nSPS) is 11.9. The van der Waals surface area contributed by atoms with E-state index in [9.17, 15) is 20.4 Å². The van der Waals surface area contributed by atoms with Crippen molar-refractivity contribution in [2.45, 2.75) is 52.7 Å². The van der Waals surface area contributed by atoms with Crippen LogP contribution in [-0.4, -0.2) is 26.0 Å². The first kappa shape index (κ1) is 14.8. The van der Waals surface area contributed by atoms with Crippen LogP contribution in [-0.2, 0) is 13.0 Å². The van der Waals surface area contributed by atoms with Crippen LogP contribution in [0.4, 0.5) is 0 Å². The maximum absolute atomic E-state index is 10.1. The SMILES string of the molecule is Cc1c(C)c(O)c(CCC(C)(C)O)c(CO)c1O. The molecule has 0 aromatic heterocycles. The Labute approximate surface area is 108 Å². The van der Waals surface area contributed by atoms with Gasteiger partial charge in [0.1, 0.15) is 11.5 Å². The molecule has 0 radical (unpaired) electrons. The molecular formula is C14H22O4. The molecular weight excluding hydrogens is 232 g/mol. The van der Waals surface area contributed by atoms with E-state index >= 15 is 0 Å². The summed E-state index contributed by atoms with van der Waals surface area (Å²) in [5.74, 6) is 0.122. The zero-order valence-electron chi connectivity index (χ0n) is 11.4. The molecule has 102 valence electrons. The second-order valence-corrected chi connectivity index (χ2v) is 5.37. The van der Waals surface area contributed by atoms with Crippen LogP contribution in [0.3, 0.4) is 0 Å². The van der Waals surface area contributed by atoms with Gasteiger partial charge >= 0.3 is 0 Å². The summed E-state index contributed by atoms with van der Waals surface area (Å²) in [4.78, 5) is 0. The molecule has 4 N–H and O–H groups in total. The van der Waals surface area contributed by atoms with Gasteiger partial charge in [-0.1, -0.05) is 0 Å². The monoisotopic (exact) mass is 254 g/mol. The van der Waals surface area contributed by atoms with Gasteiger partial charge in [-0.2, -0.15) is 0 Å². The largest absolute Gasteiger partial charge is 0.507 e. The molecule has 0 aliphatic carbocycles. The highest BCUT2D eigenvalue weighted by Crippen LogP contribution is 2.37. The Morgan fingerprint density at radius 2 is 1.39 bits per heavy atom. The minimum Gasteiger partial charge on any atom is -0.507 e. The number of phenols is 2. The summed E-state index contributed by atoms with van der Waals surface area (Å²) in [7, 11) is 0. The lowest BCUT2D eigenvalue weighted by atomic mass is 9.91. The van der Waals surface area contributed by atoms with Crippen LogP contribution in [0.2, 0.25) is 0 Å². The zero-order chi connectivity index (χ0) is 14.1. The van der Waals surface area contributed by atoms with Gasteiger partial charge in [0.25, 0.3) is 0 Å². The van der Waals surface area contributed by atoms with Crippen LogP contribution < -0.4 is 0 Å². The molecule has 0 bridgehead atoms. The molecule has 0 aliphatic heterocycles. The number of phenolic OH excluding ortho intramolecular Hbond substituents is 1. The minimum atomic E-state index is -0.854. The average molecular weight is 254 g/mol. The van der Waals surface area contributed by atoms with E-state index in [1.54, 1.807) is 27.7 Å². The van der Waals surface area contributed by atoms with Crippen LogP contribution in [0.25, 0.3) is 0 Å². The molecule has 0 fully saturated rings. The summed E-state index contributed by atoms with van der Waals surface area (Å²) in [5, 5.41) is 39.1. The molecule has 0 heterocycles. The van der Waals surface area contributed by atoms with E-state index in [4.69, 9.17) is 0 Å². The van der Waals surface area contributed by atoms with Crippen molar-refractivity contribution in [1.29, 1.82) is 0 Å².